The fraction of sp³-hybridized carbons (Fsp3) is 0.133. The number of carbonyl (C=O) groups excluding carboxylic acids is 1. The van der Waals surface area contributed by atoms with Crippen LogP contribution in [0.1, 0.15) is 15.9 Å². The van der Waals surface area contributed by atoms with Gasteiger partial charge >= 0.3 is 0 Å². The van der Waals surface area contributed by atoms with Gasteiger partial charge in [-0.2, -0.15) is 0 Å². The van der Waals surface area contributed by atoms with Gasteiger partial charge in [0.15, 0.2) is 11.6 Å². The van der Waals surface area contributed by atoms with Gasteiger partial charge in [0.2, 0.25) is 0 Å². The molecule has 0 atom stereocenters. The van der Waals surface area contributed by atoms with E-state index in [1.165, 1.54) is 19.2 Å². The molecule has 0 spiro atoms. The number of hydrogen-bond acceptors (Lipinski definition) is 2. The van der Waals surface area contributed by atoms with Gasteiger partial charge in [-0.3, -0.25) is 4.79 Å². The zero-order chi connectivity index (χ0) is 14.5. The Morgan fingerprint density at radius 3 is 2.50 bits per heavy atom. The largest absolute Gasteiger partial charge is 0.494 e. The van der Waals surface area contributed by atoms with Crippen molar-refractivity contribution in [3.8, 4) is 5.75 Å². The lowest BCUT2D eigenvalue weighted by Crippen LogP contribution is -2.12. The van der Waals surface area contributed by atoms with E-state index in [-0.39, 0.29) is 11.7 Å². The van der Waals surface area contributed by atoms with Crippen molar-refractivity contribution in [1.82, 2.24) is 0 Å². The molecule has 0 unspecified atom stereocenters. The molecule has 0 bridgehead atoms. The van der Waals surface area contributed by atoms with Gasteiger partial charge in [-0.25, -0.2) is 4.39 Å². The van der Waals surface area contributed by atoms with E-state index in [1.807, 2.05) is 0 Å². The number of methoxy groups -OCH3 is 1. The van der Waals surface area contributed by atoms with Crippen molar-refractivity contribution in [2.24, 2.45) is 0 Å². The van der Waals surface area contributed by atoms with Crippen LogP contribution in [0.2, 0.25) is 0 Å². The summed E-state index contributed by atoms with van der Waals surface area (Å²) >= 11 is 5.68. The minimum absolute atomic E-state index is 0.134. The number of halogens is 2. The molecule has 0 aromatic heterocycles. The SMILES string of the molecule is COc1ccc(NC(=O)c2ccc(CCl)cc2)cc1F. The summed E-state index contributed by atoms with van der Waals surface area (Å²) in [6.07, 6.45) is 0. The topological polar surface area (TPSA) is 38.3 Å². The summed E-state index contributed by atoms with van der Waals surface area (Å²) < 4.78 is 18.3. The van der Waals surface area contributed by atoms with Crippen LogP contribution in [0.25, 0.3) is 0 Å². The molecule has 0 aliphatic heterocycles. The molecular weight excluding hydrogens is 281 g/mol. The molecule has 1 amide bonds. The van der Waals surface area contributed by atoms with Gasteiger partial charge in [0.25, 0.3) is 5.91 Å². The molecule has 0 fully saturated rings. The van der Waals surface area contributed by atoms with Gasteiger partial charge in [-0.15, -0.1) is 11.6 Å². The molecule has 0 aliphatic rings. The minimum Gasteiger partial charge on any atom is -0.494 e. The van der Waals surface area contributed by atoms with E-state index >= 15 is 0 Å². The van der Waals surface area contributed by atoms with Crippen LogP contribution in [0.4, 0.5) is 10.1 Å². The Kier molecular flexibility index (Phi) is 4.58. The molecule has 0 aliphatic carbocycles. The maximum Gasteiger partial charge on any atom is 0.255 e. The highest BCUT2D eigenvalue weighted by Gasteiger charge is 2.08. The smallest absolute Gasteiger partial charge is 0.255 e. The first-order chi connectivity index (χ1) is 9.63. The predicted molar refractivity (Wildman–Crippen MR) is 76.9 cm³/mol. The molecule has 3 nitrogen and oxygen atoms in total. The summed E-state index contributed by atoms with van der Waals surface area (Å²) in [5.74, 6) is -0.307. The Hall–Kier alpha value is -2.07. The molecule has 5 heteroatoms. The molecule has 0 heterocycles. The molecule has 2 rings (SSSR count). The van der Waals surface area contributed by atoms with E-state index in [9.17, 15) is 9.18 Å². The third-order valence-electron chi connectivity index (χ3n) is 2.78. The monoisotopic (exact) mass is 293 g/mol. The van der Waals surface area contributed by atoms with Crippen LogP contribution in [-0.2, 0) is 5.88 Å². The summed E-state index contributed by atoms with van der Waals surface area (Å²) in [6, 6.07) is 11.1. The van der Waals surface area contributed by atoms with Gasteiger partial charge < -0.3 is 10.1 Å². The Balaban J connectivity index is 2.12. The maximum absolute atomic E-state index is 13.5. The van der Waals surface area contributed by atoms with Crippen LogP contribution in [0, 0.1) is 5.82 Å². The van der Waals surface area contributed by atoms with E-state index in [1.54, 1.807) is 30.3 Å². The fourth-order valence-corrected chi connectivity index (χ4v) is 1.87. The zero-order valence-corrected chi connectivity index (χ0v) is 11.6. The van der Waals surface area contributed by atoms with Gasteiger partial charge in [0, 0.05) is 23.2 Å². The van der Waals surface area contributed by atoms with Gasteiger partial charge in [-0.05, 0) is 29.8 Å². The lowest BCUT2D eigenvalue weighted by molar-refractivity contribution is 0.102. The number of amides is 1. The van der Waals surface area contributed by atoms with E-state index in [4.69, 9.17) is 16.3 Å². The molecule has 20 heavy (non-hydrogen) atoms. The van der Waals surface area contributed by atoms with Crippen molar-refractivity contribution in [2.45, 2.75) is 5.88 Å². The second-order valence-electron chi connectivity index (χ2n) is 4.13. The summed E-state index contributed by atoms with van der Waals surface area (Å²) in [5, 5.41) is 2.62. The van der Waals surface area contributed by atoms with Crippen LogP contribution in [0.3, 0.4) is 0 Å². The molecular formula is C15H13ClFNO2. The Bertz CT molecular complexity index is 614. The first-order valence-electron chi connectivity index (χ1n) is 5.94. The number of benzene rings is 2. The number of nitrogens with one attached hydrogen (secondary N) is 1. The number of alkyl halides is 1. The van der Waals surface area contributed by atoms with Crippen molar-refractivity contribution >= 4 is 23.2 Å². The molecule has 2 aromatic rings. The predicted octanol–water partition coefficient (Wildman–Crippen LogP) is 3.83. The molecule has 104 valence electrons. The highest BCUT2D eigenvalue weighted by Crippen LogP contribution is 2.21. The van der Waals surface area contributed by atoms with Crippen molar-refractivity contribution in [2.75, 3.05) is 12.4 Å². The van der Waals surface area contributed by atoms with Gasteiger partial charge in [0.05, 0.1) is 7.11 Å². The van der Waals surface area contributed by atoms with Crippen LogP contribution in [-0.4, -0.2) is 13.0 Å². The second-order valence-corrected chi connectivity index (χ2v) is 4.40. The van der Waals surface area contributed by atoms with Crippen molar-refractivity contribution < 1.29 is 13.9 Å². The van der Waals surface area contributed by atoms with E-state index in [0.29, 0.717) is 17.1 Å². The first kappa shape index (κ1) is 14.3. The average Bonchev–Trinajstić information content (AvgIpc) is 2.47. The summed E-state index contributed by atoms with van der Waals surface area (Å²) in [5.41, 5.74) is 1.78. The van der Waals surface area contributed by atoms with Crippen LogP contribution in [0.15, 0.2) is 42.5 Å². The number of rotatable bonds is 4. The normalized spacial score (nSPS) is 10.2. The Labute approximate surface area is 121 Å². The Morgan fingerprint density at radius 2 is 1.95 bits per heavy atom. The summed E-state index contributed by atoms with van der Waals surface area (Å²) in [7, 11) is 1.38. The number of anilines is 1. The second kappa shape index (κ2) is 6.39. The lowest BCUT2D eigenvalue weighted by Gasteiger charge is -2.07. The van der Waals surface area contributed by atoms with Crippen LogP contribution >= 0.6 is 11.6 Å². The van der Waals surface area contributed by atoms with Gasteiger partial charge in [-0.1, -0.05) is 12.1 Å². The third kappa shape index (κ3) is 3.27. The summed E-state index contributed by atoms with van der Waals surface area (Å²) in [6.45, 7) is 0. The quantitative estimate of drug-likeness (QED) is 0.870. The minimum atomic E-state index is -0.525. The molecule has 0 saturated carbocycles. The highest BCUT2D eigenvalue weighted by molar-refractivity contribution is 6.17. The maximum atomic E-state index is 13.5. The number of ether oxygens (including phenoxy) is 1. The molecule has 0 saturated heterocycles. The average molecular weight is 294 g/mol. The van der Waals surface area contributed by atoms with Crippen molar-refractivity contribution in [1.29, 1.82) is 0 Å². The highest BCUT2D eigenvalue weighted by atomic mass is 35.5. The first-order valence-corrected chi connectivity index (χ1v) is 6.47. The Morgan fingerprint density at radius 1 is 1.25 bits per heavy atom. The van der Waals surface area contributed by atoms with Crippen LogP contribution in [0.5, 0.6) is 5.75 Å². The lowest BCUT2D eigenvalue weighted by atomic mass is 10.1. The third-order valence-corrected chi connectivity index (χ3v) is 3.09. The molecule has 1 N–H and O–H groups in total. The number of carbonyl (C=O) groups is 1. The van der Waals surface area contributed by atoms with Crippen molar-refractivity contribution in [3.05, 3.63) is 59.4 Å². The van der Waals surface area contributed by atoms with E-state index < -0.39 is 5.82 Å². The number of hydrogen-bond donors (Lipinski definition) is 1. The fourth-order valence-electron chi connectivity index (χ4n) is 1.69. The summed E-state index contributed by atoms with van der Waals surface area (Å²) in [4.78, 5) is 12.0. The molecule has 0 radical (unpaired) electrons. The van der Waals surface area contributed by atoms with Crippen molar-refractivity contribution in [3.63, 3.8) is 0 Å². The zero-order valence-electron chi connectivity index (χ0n) is 10.8. The van der Waals surface area contributed by atoms with E-state index in [2.05, 4.69) is 5.32 Å². The van der Waals surface area contributed by atoms with E-state index in [0.717, 1.165) is 5.56 Å². The van der Waals surface area contributed by atoms with Gasteiger partial charge in [0.1, 0.15) is 0 Å². The van der Waals surface area contributed by atoms with Crippen LogP contribution < -0.4 is 10.1 Å². The standard InChI is InChI=1S/C15H13ClFNO2/c1-20-14-7-6-12(8-13(14)17)18-15(19)11-4-2-10(9-16)3-5-11/h2-8H,9H2,1H3,(H,18,19). The molecule has 2 aromatic carbocycles.